The molecule has 32 heavy (non-hydrogen) atoms. The van der Waals surface area contributed by atoms with E-state index in [1.54, 1.807) is 0 Å². The fraction of sp³-hybridized carbons (Fsp3) is 0.0909. The van der Waals surface area contributed by atoms with Gasteiger partial charge in [-0.2, -0.15) is 0 Å². The van der Waals surface area contributed by atoms with E-state index in [9.17, 15) is 39.6 Å². The van der Waals surface area contributed by atoms with Crippen molar-refractivity contribution < 1.29 is 49.1 Å². The second kappa shape index (κ2) is 6.98. The van der Waals surface area contributed by atoms with Crippen molar-refractivity contribution in [3.8, 4) is 34.1 Å². The number of rotatable bonds is 3. The zero-order valence-corrected chi connectivity index (χ0v) is 16.5. The van der Waals surface area contributed by atoms with Gasteiger partial charge in [-0.05, 0) is 0 Å². The average Bonchev–Trinajstić information content (AvgIpc) is 2.74. The Hall–Kier alpha value is -4.60. The molecule has 0 aliphatic heterocycles. The van der Waals surface area contributed by atoms with Crippen molar-refractivity contribution in [3.05, 3.63) is 58.1 Å². The van der Waals surface area contributed by atoms with Crippen LogP contribution in [0.2, 0.25) is 0 Å². The van der Waals surface area contributed by atoms with Crippen LogP contribution in [0.5, 0.6) is 23.0 Å². The van der Waals surface area contributed by atoms with E-state index in [1.807, 2.05) is 0 Å². The fourth-order valence-corrected chi connectivity index (χ4v) is 3.84. The molecule has 0 heterocycles. The molecule has 10 heteroatoms. The number of phenolic OH excluding ortho intramolecular Hbond substituents is 2. The van der Waals surface area contributed by atoms with Crippen molar-refractivity contribution in [2.45, 2.75) is 0 Å². The third kappa shape index (κ3) is 2.66. The monoisotopic (exact) mass is 438 g/mol. The van der Waals surface area contributed by atoms with E-state index < -0.39 is 68.4 Å². The van der Waals surface area contributed by atoms with E-state index in [4.69, 9.17) is 9.47 Å². The van der Waals surface area contributed by atoms with Crippen molar-refractivity contribution in [3.63, 3.8) is 0 Å². The molecule has 2 aliphatic carbocycles. The lowest BCUT2D eigenvalue weighted by atomic mass is 9.80. The van der Waals surface area contributed by atoms with Crippen LogP contribution >= 0.6 is 0 Å². The molecule has 0 amide bonds. The standard InChI is InChI=1S/C22H14O10/c1-31-13-5-9(25)17-15(7(23)3-11(27)21(17)29)19(13)20-14(32-2)6-10(26)18-16(20)8(24)4-12(28)22(18)30/h3-6,25-28H,1-2H3. The number of aliphatic hydroxyl groups excluding tert-OH is 2. The van der Waals surface area contributed by atoms with Gasteiger partial charge in [-0.15, -0.1) is 0 Å². The molecule has 2 aromatic rings. The number of hydrogen-bond donors (Lipinski definition) is 4. The minimum absolute atomic E-state index is 0.164. The largest absolute Gasteiger partial charge is 0.507 e. The van der Waals surface area contributed by atoms with Crippen LogP contribution < -0.4 is 9.47 Å². The number of carbonyl (C=O) groups is 4. The maximum atomic E-state index is 12.8. The van der Waals surface area contributed by atoms with Crippen molar-refractivity contribution in [1.82, 2.24) is 0 Å². The summed E-state index contributed by atoms with van der Waals surface area (Å²) in [5.41, 5.74) is -2.27. The topological polar surface area (TPSA) is 168 Å². The van der Waals surface area contributed by atoms with Gasteiger partial charge in [0, 0.05) is 46.5 Å². The third-order valence-corrected chi connectivity index (χ3v) is 5.18. The summed E-state index contributed by atoms with van der Waals surface area (Å²) in [7, 11) is 2.40. The van der Waals surface area contributed by atoms with Crippen LogP contribution in [-0.2, 0) is 0 Å². The van der Waals surface area contributed by atoms with Gasteiger partial charge in [0.25, 0.3) is 0 Å². The molecule has 2 aliphatic rings. The van der Waals surface area contributed by atoms with Gasteiger partial charge in [0.2, 0.25) is 11.6 Å². The number of ketones is 4. The lowest BCUT2D eigenvalue weighted by Gasteiger charge is -2.24. The quantitative estimate of drug-likeness (QED) is 0.558. The maximum Gasteiger partial charge on any atom is 0.231 e. The summed E-state index contributed by atoms with van der Waals surface area (Å²) >= 11 is 0. The number of ether oxygens (including phenoxy) is 2. The highest BCUT2D eigenvalue weighted by Crippen LogP contribution is 2.50. The lowest BCUT2D eigenvalue weighted by molar-refractivity contribution is 0.0935. The summed E-state index contributed by atoms with van der Waals surface area (Å²) in [6.45, 7) is 0. The smallest absolute Gasteiger partial charge is 0.231 e. The zero-order chi connectivity index (χ0) is 23.5. The summed E-state index contributed by atoms with van der Waals surface area (Å²) < 4.78 is 10.6. The fourth-order valence-electron chi connectivity index (χ4n) is 3.84. The van der Waals surface area contributed by atoms with Crippen LogP contribution in [0.25, 0.3) is 11.1 Å². The summed E-state index contributed by atoms with van der Waals surface area (Å²) in [5.74, 6) is -7.32. The second-order valence-electron chi connectivity index (χ2n) is 6.89. The van der Waals surface area contributed by atoms with E-state index in [0.29, 0.717) is 12.2 Å². The second-order valence-corrected chi connectivity index (χ2v) is 6.89. The maximum absolute atomic E-state index is 12.8. The van der Waals surface area contributed by atoms with Crippen LogP contribution in [0.1, 0.15) is 41.4 Å². The number of fused-ring (bicyclic) bond motifs is 2. The molecular weight excluding hydrogens is 424 g/mol. The molecule has 0 aromatic heterocycles. The number of methoxy groups -OCH3 is 2. The van der Waals surface area contributed by atoms with Gasteiger partial charge in [-0.25, -0.2) is 0 Å². The Morgan fingerprint density at radius 1 is 0.562 bits per heavy atom. The van der Waals surface area contributed by atoms with E-state index >= 15 is 0 Å². The number of phenols is 2. The van der Waals surface area contributed by atoms with Crippen LogP contribution in [0.15, 0.2) is 35.8 Å². The highest BCUT2D eigenvalue weighted by atomic mass is 16.5. The van der Waals surface area contributed by atoms with E-state index in [1.165, 1.54) is 14.2 Å². The first kappa shape index (κ1) is 20.7. The molecule has 0 bridgehead atoms. The summed E-state index contributed by atoms with van der Waals surface area (Å²) in [6, 6.07) is 2.00. The Balaban J connectivity index is 2.24. The molecule has 4 N–H and O–H groups in total. The van der Waals surface area contributed by atoms with Crippen LogP contribution in [-0.4, -0.2) is 57.8 Å². The highest BCUT2D eigenvalue weighted by molar-refractivity contribution is 6.31. The minimum Gasteiger partial charge on any atom is -0.507 e. The van der Waals surface area contributed by atoms with Gasteiger partial charge in [0.1, 0.15) is 23.0 Å². The number of hydrogen-bond acceptors (Lipinski definition) is 10. The molecule has 0 unspecified atom stereocenters. The Kier molecular flexibility index (Phi) is 4.51. The Morgan fingerprint density at radius 3 is 1.22 bits per heavy atom. The Morgan fingerprint density at radius 2 is 0.906 bits per heavy atom. The predicted octanol–water partition coefficient (Wildman–Crippen LogP) is 2.42. The molecule has 0 atom stereocenters. The van der Waals surface area contributed by atoms with Crippen molar-refractivity contribution in [1.29, 1.82) is 0 Å². The number of carbonyl (C=O) groups excluding carboxylic acids is 4. The number of aromatic hydroxyl groups is 2. The molecule has 0 spiro atoms. The molecule has 0 saturated heterocycles. The zero-order valence-electron chi connectivity index (χ0n) is 16.5. The SMILES string of the molecule is COc1cc(O)c2c(c1-c1c(OC)cc(O)c3c1C(=O)C=C(O)C3=O)C(=O)C=C(O)C2=O. The molecule has 10 nitrogen and oxygen atoms in total. The van der Waals surface area contributed by atoms with Gasteiger partial charge < -0.3 is 29.9 Å². The van der Waals surface area contributed by atoms with E-state index in [2.05, 4.69) is 0 Å². The minimum atomic E-state index is -1.05. The molecule has 0 saturated carbocycles. The number of aliphatic hydroxyl groups is 2. The predicted molar refractivity (Wildman–Crippen MR) is 107 cm³/mol. The molecule has 4 rings (SSSR count). The van der Waals surface area contributed by atoms with Gasteiger partial charge in [0.05, 0.1) is 25.3 Å². The Bertz CT molecular complexity index is 1240. The Labute approximate surface area is 179 Å². The van der Waals surface area contributed by atoms with Gasteiger partial charge in [-0.1, -0.05) is 0 Å². The lowest BCUT2D eigenvalue weighted by Crippen LogP contribution is -2.21. The van der Waals surface area contributed by atoms with Crippen LogP contribution in [0, 0.1) is 0 Å². The number of Topliss-reactive ketones (excluding diaryl/α,β-unsaturated/α-hetero) is 2. The van der Waals surface area contributed by atoms with E-state index in [-0.39, 0.29) is 22.6 Å². The summed E-state index contributed by atoms with van der Waals surface area (Å²) in [6.07, 6.45) is 1.29. The molecule has 0 radical (unpaired) electrons. The first-order valence-corrected chi connectivity index (χ1v) is 9.00. The number of allylic oxidation sites excluding steroid dienone is 4. The normalized spacial score (nSPS) is 15.1. The molecule has 0 fully saturated rings. The molecule has 162 valence electrons. The van der Waals surface area contributed by atoms with Gasteiger partial charge in [0.15, 0.2) is 23.1 Å². The van der Waals surface area contributed by atoms with Crippen molar-refractivity contribution >= 4 is 23.1 Å². The first-order valence-electron chi connectivity index (χ1n) is 9.00. The first-order chi connectivity index (χ1) is 15.1. The van der Waals surface area contributed by atoms with E-state index in [0.717, 1.165) is 12.1 Å². The highest BCUT2D eigenvalue weighted by Gasteiger charge is 2.39. The van der Waals surface area contributed by atoms with Gasteiger partial charge >= 0.3 is 0 Å². The molecular formula is C22H14O10. The third-order valence-electron chi connectivity index (χ3n) is 5.18. The van der Waals surface area contributed by atoms with Crippen molar-refractivity contribution in [2.75, 3.05) is 14.2 Å². The van der Waals surface area contributed by atoms with Crippen LogP contribution in [0.3, 0.4) is 0 Å². The van der Waals surface area contributed by atoms with Crippen molar-refractivity contribution in [2.24, 2.45) is 0 Å². The number of benzene rings is 2. The summed E-state index contributed by atoms with van der Waals surface area (Å²) in [4.78, 5) is 50.7. The van der Waals surface area contributed by atoms with Gasteiger partial charge in [-0.3, -0.25) is 19.2 Å². The van der Waals surface area contributed by atoms with Crippen LogP contribution in [0.4, 0.5) is 0 Å². The molecule has 2 aromatic carbocycles. The summed E-state index contributed by atoms with van der Waals surface area (Å²) in [5, 5.41) is 40.3. The average molecular weight is 438 g/mol.